The molecule has 0 aromatic carbocycles. The lowest BCUT2D eigenvalue weighted by Gasteiger charge is -2.32. The van der Waals surface area contributed by atoms with Gasteiger partial charge in [-0.25, -0.2) is 4.39 Å². The maximum Gasteiger partial charge on any atom is 0.389 e. The first-order valence-corrected chi connectivity index (χ1v) is 6.76. The molecule has 0 rings (SSSR count). The molecule has 0 aliphatic rings. The molecular weight excluding hydrogens is 348 g/mol. The summed E-state index contributed by atoms with van der Waals surface area (Å²) in [5, 5.41) is 0. The predicted molar refractivity (Wildman–Crippen MR) is 62.3 cm³/mol. The third-order valence-corrected chi connectivity index (χ3v) is 3.15. The molecule has 2 N–H and O–H groups in total. The van der Waals surface area contributed by atoms with Crippen molar-refractivity contribution in [2.75, 3.05) is 0 Å². The van der Waals surface area contributed by atoms with Crippen LogP contribution in [0.25, 0.3) is 0 Å². The molecule has 0 fully saturated rings. The molecule has 1 atom stereocenters. The van der Waals surface area contributed by atoms with Crippen LogP contribution in [-0.4, -0.2) is 30.2 Å². The van der Waals surface area contributed by atoms with Gasteiger partial charge >= 0.3 is 24.1 Å². The summed E-state index contributed by atoms with van der Waals surface area (Å²) in [7, 11) is 0. The highest BCUT2D eigenvalue weighted by atomic mass is 19.4. The van der Waals surface area contributed by atoms with Gasteiger partial charge < -0.3 is 0 Å². The second kappa shape index (κ2) is 7.89. The van der Waals surface area contributed by atoms with Crippen LogP contribution in [0.15, 0.2) is 0 Å². The fraction of sp³-hybridized carbons (Fsp3) is 1.00. The fourth-order valence-corrected chi connectivity index (χ4v) is 1.78. The highest BCUT2D eigenvalue weighted by molar-refractivity contribution is 4.97. The number of nitrogens with two attached hydrogens (primary N) is 1. The first-order chi connectivity index (χ1) is 10.1. The van der Waals surface area contributed by atoms with E-state index in [9.17, 15) is 43.9 Å². The molecule has 0 saturated heterocycles. The molecule has 0 amide bonds. The van der Waals surface area contributed by atoms with Crippen LogP contribution < -0.4 is 5.73 Å². The number of alkyl halides is 10. The van der Waals surface area contributed by atoms with Gasteiger partial charge in [-0.1, -0.05) is 25.7 Å². The molecular formula is C12H17F10N. The molecule has 0 spiro atoms. The van der Waals surface area contributed by atoms with Gasteiger partial charge in [0.05, 0.1) is 0 Å². The van der Waals surface area contributed by atoms with Gasteiger partial charge in [0.1, 0.15) is 0 Å². The van der Waals surface area contributed by atoms with Crippen molar-refractivity contribution in [1.29, 1.82) is 0 Å². The quantitative estimate of drug-likeness (QED) is 0.311. The van der Waals surface area contributed by atoms with E-state index >= 15 is 0 Å². The van der Waals surface area contributed by atoms with Gasteiger partial charge in [-0.3, -0.25) is 5.73 Å². The Morgan fingerprint density at radius 2 is 1.13 bits per heavy atom. The Hall–Kier alpha value is -0.740. The van der Waals surface area contributed by atoms with Gasteiger partial charge in [-0.15, -0.1) is 0 Å². The second-order valence-electron chi connectivity index (χ2n) is 5.21. The summed E-state index contributed by atoms with van der Waals surface area (Å²) in [6.45, 7) is 0. The Morgan fingerprint density at radius 1 is 0.696 bits per heavy atom. The number of rotatable bonds is 10. The fourth-order valence-electron chi connectivity index (χ4n) is 1.78. The summed E-state index contributed by atoms with van der Waals surface area (Å²) in [6, 6.07) is -5.58. The average Bonchev–Trinajstić information content (AvgIpc) is 2.34. The average molecular weight is 365 g/mol. The van der Waals surface area contributed by atoms with Crippen LogP contribution >= 0.6 is 0 Å². The van der Waals surface area contributed by atoms with E-state index in [0.29, 0.717) is 0 Å². The Balaban J connectivity index is 4.18. The summed E-state index contributed by atoms with van der Waals surface area (Å²) in [5.74, 6) is -11.7. The minimum Gasteiger partial charge on any atom is -0.267 e. The molecule has 0 radical (unpaired) electrons. The van der Waals surface area contributed by atoms with E-state index in [1.54, 1.807) is 0 Å². The van der Waals surface area contributed by atoms with Crippen molar-refractivity contribution in [3.63, 3.8) is 0 Å². The van der Waals surface area contributed by atoms with Crippen LogP contribution in [0.5, 0.6) is 0 Å². The number of hydrogen-bond acceptors (Lipinski definition) is 1. The molecule has 11 heteroatoms. The van der Waals surface area contributed by atoms with Crippen LogP contribution in [-0.2, 0) is 0 Å². The molecule has 0 aliphatic heterocycles. The molecule has 0 saturated carbocycles. The summed E-state index contributed by atoms with van der Waals surface area (Å²) >= 11 is 0. The Labute approximate surface area is 126 Å². The molecule has 0 heterocycles. The second-order valence-corrected chi connectivity index (χ2v) is 5.21. The lowest BCUT2D eigenvalue weighted by Crippen LogP contribution is -2.62. The third kappa shape index (κ3) is 6.72. The highest BCUT2D eigenvalue weighted by Gasteiger charge is 2.73. The molecule has 0 aromatic heterocycles. The normalized spacial score (nSPS) is 15.8. The number of hydrogen-bond donors (Lipinski definition) is 1. The zero-order chi connectivity index (χ0) is 18.5. The van der Waals surface area contributed by atoms with E-state index in [0.717, 1.165) is 0 Å². The van der Waals surface area contributed by atoms with Crippen molar-refractivity contribution in [2.45, 2.75) is 75.2 Å². The zero-order valence-corrected chi connectivity index (χ0v) is 11.9. The number of unbranched alkanes of at least 4 members (excludes halogenated alkanes) is 4. The van der Waals surface area contributed by atoms with Gasteiger partial charge in [-0.2, -0.15) is 39.5 Å². The van der Waals surface area contributed by atoms with Gasteiger partial charge in [-0.05, 0) is 12.8 Å². The zero-order valence-electron chi connectivity index (χ0n) is 11.9. The maximum atomic E-state index is 13.2. The predicted octanol–water partition coefficient (Wildman–Crippen LogP) is 5.44. The van der Waals surface area contributed by atoms with Gasteiger partial charge in [0.15, 0.2) is 6.17 Å². The summed E-state index contributed by atoms with van der Waals surface area (Å²) in [5.41, 5.74) is 3.66. The van der Waals surface area contributed by atoms with Crippen LogP contribution in [0, 0.1) is 0 Å². The topological polar surface area (TPSA) is 26.0 Å². The maximum absolute atomic E-state index is 13.2. The largest absolute Gasteiger partial charge is 0.389 e. The molecule has 23 heavy (non-hydrogen) atoms. The van der Waals surface area contributed by atoms with Crippen molar-refractivity contribution in [2.24, 2.45) is 5.73 Å². The number of halogens is 10. The van der Waals surface area contributed by atoms with E-state index in [1.807, 2.05) is 0 Å². The van der Waals surface area contributed by atoms with E-state index in [1.165, 1.54) is 0 Å². The van der Waals surface area contributed by atoms with Crippen molar-refractivity contribution in [3.8, 4) is 0 Å². The summed E-state index contributed by atoms with van der Waals surface area (Å²) in [4.78, 5) is 0. The molecule has 0 aliphatic carbocycles. The molecule has 0 bridgehead atoms. The Bertz CT molecular complexity index is 347. The summed E-state index contributed by atoms with van der Waals surface area (Å²) in [6.07, 6.45) is -10.3. The molecule has 1 unspecified atom stereocenters. The van der Waals surface area contributed by atoms with Crippen LogP contribution in [0.3, 0.4) is 0 Å². The highest BCUT2D eigenvalue weighted by Crippen LogP contribution is 2.46. The van der Waals surface area contributed by atoms with Crippen LogP contribution in [0.4, 0.5) is 43.9 Å². The first-order valence-electron chi connectivity index (χ1n) is 6.76. The van der Waals surface area contributed by atoms with Gasteiger partial charge in [0, 0.05) is 6.42 Å². The van der Waals surface area contributed by atoms with E-state index < -0.39 is 43.1 Å². The van der Waals surface area contributed by atoms with Crippen molar-refractivity contribution < 1.29 is 43.9 Å². The minimum atomic E-state index is -6.05. The first kappa shape index (κ1) is 22.3. The summed E-state index contributed by atoms with van der Waals surface area (Å²) < 4.78 is 125. The third-order valence-electron chi connectivity index (χ3n) is 3.15. The van der Waals surface area contributed by atoms with E-state index in [4.69, 9.17) is 0 Å². The molecule has 0 aromatic rings. The van der Waals surface area contributed by atoms with Gasteiger partial charge in [0.2, 0.25) is 0 Å². The van der Waals surface area contributed by atoms with Gasteiger partial charge in [0.25, 0.3) is 0 Å². The van der Waals surface area contributed by atoms with E-state index in [2.05, 4.69) is 5.73 Å². The van der Waals surface area contributed by atoms with Crippen LogP contribution in [0.1, 0.15) is 44.9 Å². The van der Waals surface area contributed by atoms with Crippen molar-refractivity contribution >= 4 is 0 Å². The monoisotopic (exact) mass is 365 g/mol. The van der Waals surface area contributed by atoms with Crippen LogP contribution in [0.2, 0.25) is 0 Å². The Kier molecular flexibility index (Phi) is 7.63. The lowest BCUT2D eigenvalue weighted by molar-refractivity contribution is -0.323. The Morgan fingerprint density at radius 3 is 1.57 bits per heavy atom. The standard InChI is InChI=1S/C12H17F10N/c13-8(10(17,18)11(19,20)12(21,22)23)6-4-2-1-3-5-7-9(14,15)16/h8H,1-7,23H2. The SMILES string of the molecule is NC(F)(F)C(F)(F)C(F)(F)C(F)CCCCCCCC(F)(F)F. The molecule has 140 valence electrons. The minimum absolute atomic E-state index is 0.0128. The van der Waals surface area contributed by atoms with E-state index in [-0.39, 0.29) is 32.1 Å². The van der Waals surface area contributed by atoms with Crippen molar-refractivity contribution in [3.05, 3.63) is 0 Å². The molecule has 1 nitrogen and oxygen atoms in total. The lowest BCUT2D eigenvalue weighted by atomic mass is 9.99. The van der Waals surface area contributed by atoms with Crippen molar-refractivity contribution in [1.82, 2.24) is 0 Å². The smallest absolute Gasteiger partial charge is 0.267 e.